The molecule has 1 fully saturated rings. The van der Waals surface area contributed by atoms with Crippen molar-refractivity contribution in [2.45, 2.75) is 19.4 Å². The molecule has 0 aliphatic carbocycles. The van der Waals surface area contributed by atoms with Crippen molar-refractivity contribution in [1.82, 2.24) is 14.7 Å². The van der Waals surface area contributed by atoms with Crippen LogP contribution in [-0.2, 0) is 10.3 Å². The summed E-state index contributed by atoms with van der Waals surface area (Å²) in [6.07, 6.45) is 0. The summed E-state index contributed by atoms with van der Waals surface area (Å²) in [6.45, 7) is 5.77. The molecule has 2 heterocycles. The molecule has 0 bridgehead atoms. The van der Waals surface area contributed by atoms with Gasteiger partial charge in [-0.05, 0) is 44.2 Å². The van der Waals surface area contributed by atoms with E-state index in [1.807, 2.05) is 30.3 Å². The SMILES string of the molecule is CC(C)(C(=O)N1CCN(c2ccc(F)cc2)CC1)n1nc(-c2ccccc2)ccc1=O. The number of carbonyl (C=O) groups is 1. The third kappa shape index (κ3) is 4.21. The van der Waals surface area contributed by atoms with Crippen molar-refractivity contribution >= 4 is 11.6 Å². The van der Waals surface area contributed by atoms with Crippen LogP contribution >= 0.6 is 0 Å². The molecule has 31 heavy (non-hydrogen) atoms. The van der Waals surface area contributed by atoms with Crippen LogP contribution in [0.3, 0.4) is 0 Å². The fourth-order valence-corrected chi connectivity index (χ4v) is 3.87. The molecule has 1 saturated heterocycles. The Bertz CT molecular complexity index is 1120. The van der Waals surface area contributed by atoms with Gasteiger partial charge in [0.1, 0.15) is 11.4 Å². The summed E-state index contributed by atoms with van der Waals surface area (Å²) >= 11 is 0. The van der Waals surface area contributed by atoms with Crippen LogP contribution in [0.25, 0.3) is 11.3 Å². The maximum absolute atomic E-state index is 13.4. The summed E-state index contributed by atoms with van der Waals surface area (Å²) in [4.78, 5) is 29.8. The quantitative estimate of drug-likeness (QED) is 0.651. The minimum absolute atomic E-state index is 0.147. The molecule has 0 radical (unpaired) electrons. The lowest BCUT2D eigenvalue weighted by Gasteiger charge is -2.39. The van der Waals surface area contributed by atoms with Gasteiger partial charge in [0, 0.05) is 43.5 Å². The second-order valence-electron chi connectivity index (χ2n) is 8.15. The zero-order valence-electron chi connectivity index (χ0n) is 17.7. The lowest BCUT2D eigenvalue weighted by atomic mass is 10.0. The molecule has 1 amide bonds. The van der Waals surface area contributed by atoms with Crippen molar-refractivity contribution in [3.8, 4) is 11.3 Å². The molecule has 1 aliphatic rings. The van der Waals surface area contributed by atoms with Crippen molar-refractivity contribution in [1.29, 1.82) is 0 Å². The van der Waals surface area contributed by atoms with Gasteiger partial charge in [0.15, 0.2) is 0 Å². The normalized spacial score (nSPS) is 14.5. The molecule has 1 aromatic heterocycles. The highest BCUT2D eigenvalue weighted by atomic mass is 19.1. The molecule has 3 aromatic rings. The number of nitrogens with zero attached hydrogens (tertiary/aromatic N) is 4. The van der Waals surface area contributed by atoms with Gasteiger partial charge in [0.25, 0.3) is 5.56 Å². The molecule has 0 atom stereocenters. The van der Waals surface area contributed by atoms with Crippen LogP contribution in [0.5, 0.6) is 0 Å². The highest BCUT2D eigenvalue weighted by Crippen LogP contribution is 2.22. The van der Waals surface area contributed by atoms with Crippen LogP contribution in [0.1, 0.15) is 13.8 Å². The Morgan fingerprint density at radius 2 is 1.55 bits per heavy atom. The van der Waals surface area contributed by atoms with Crippen LogP contribution in [0.2, 0.25) is 0 Å². The third-order valence-electron chi connectivity index (χ3n) is 5.68. The molecular formula is C24H25FN4O2. The highest BCUT2D eigenvalue weighted by Gasteiger charge is 2.37. The van der Waals surface area contributed by atoms with Crippen molar-refractivity contribution in [2.75, 3.05) is 31.1 Å². The van der Waals surface area contributed by atoms with Gasteiger partial charge in [0.2, 0.25) is 5.91 Å². The summed E-state index contributed by atoms with van der Waals surface area (Å²) in [7, 11) is 0. The second-order valence-corrected chi connectivity index (χ2v) is 8.15. The van der Waals surface area contributed by atoms with Crippen molar-refractivity contribution < 1.29 is 9.18 Å². The van der Waals surface area contributed by atoms with E-state index in [1.165, 1.54) is 22.9 Å². The van der Waals surface area contributed by atoms with Gasteiger partial charge in [-0.25, -0.2) is 9.07 Å². The Hall–Kier alpha value is -3.48. The zero-order chi connectivity index (χ0) is 22.0. The van der Waals surface area contributed by atoms with Gasteiger partial charge in [-0.2, -0.15) is 5.10 Å². The number of rotatable bonds is 4. The minimum atomic E-state index is -1.13. The first kappa shape index (κ1) is 20.8. The lowest BCUT2D eigenvalue weighted by Crippen LogP contribution is -2.56. The number of aromatic nitrogens is 2. The van der Waals surface area contributed by atoms with Crippen LogP contribution < -0.4 is 10.5 Å². The third-order valence-corrected chi connectivity index (χ3v) is 5.68. The number of benzene rings is 2. The van der Waals surface area contributed by atoms with Gasteiger partial charge in [-0.3, -0.25) is 9.59 Å². The number of halogens is 1. The van der Waals surface area contributed by atoms with Crippen molar-refractivity contribution in [3.05, 3.63) is 82.9 Å². The highest BCUT2D eigenvalue weighted by molar-refractivity contribution is 5.84. The van der Waals surface area contributed by atoms with Gasteiger partial charge in [0.05, 0.1) is 5.69 Å². The molecule has 4 rings (SSSR count). The average molecular weight is 420 g/mol. The molecule has 1 aliphatic heterocycles. The maximum Gasteiger partial charge on any atom is 0.267 e. The Kier molecular flexibility index (Phi) is 5.59. The van der Waals surface area contributed by atoms with E-state index in [2.05, 4.69) is 10.00 Å². The Morgan fingerprint density at radius 3 is 2.19 bits per heavy atom. The fraction of sp³-hybridized carbons (Fsp3) is 0.292. The van der Waals surface area contributed by atoms with Gasteiger partial charge >= 0.3 is 0 Å². The maximum atomic E-state index is 13.4. The van der Waals surface area contributed by atoms with E-state index in [0.29, 0.717) is 31.9 Å². The molecular weight excluding hydrogens is 395 g/mol. The van der Waals surface area contributed by atoms with Gasteiger partial charge in [-0.1, -0.05) is 30.3 Å². The summed E-state index contributed by atoms with van der Waals surface area (Å²) in [5.41, 5.74) is 1.01. The van der Waals surface area contributed by atoms with Crippen molar-refractivity contribution in [2.24, 2.45) is 0 Å². The van der Waals surface area contributed by atoms with Gasteiger partial charge in [-0.15, -0.1) is 0 Å². The Labute approximate surface area is 180 Å². The molecule has 0 unspecified atom stereocenters. The standard InChI is InChI=1S/C24H25FN4O2/c1-24(2,29-22(30)13-12-21(26-29)18-6-4-3-5-7-18)23(31)28-16-14-27(15-17-28)20-10-8-19(25)9-11-20/h3-13H,14-17H2,1-2H3. The molecule has 2 aromatic carbocycles. The number of hydrogen-bond acceptors (Lipinski definition) is 4. The molecule has 0 spiro atoms. The fourth-order valence-electron chi connectivity index (χ4n) is 3.87. The molecule has 0 N–H and O–H groups in total. The topological polar surface area (TPSA) is 58.4 Å². The molecule has 0 saturated carbocycles. The predicted molar refractivity (Wildman–Crippen MR) is 118 cm³/mol. The van der Waals surface area contributed by atoms with E-state index in [4.69, 9.17) is 0 Å². The molecule has 7 heteroatoms. The summed E-state index contributed by atoms with van der Waals surface area (Å²) < 4.78 is 14.5. The minimum Gasteiger partial charge on any atom is -0.368 e. The Morgan fingerprint density at radius 1 is 0.903 bits per heavy atom. The first-order valence-corrected chi connectivity index (χ1v) is 10.3. The monoisotopic (exact) mass is 420 g/mol. The number of amides is 1. The lowest BCUT2D eigenvalue weighted by molar-refractivity contribution is -0.140. The van der Waals surface area contributed by atoms with E-state index in [9.17, 15) is 14.0 Å². The number of anilines is 1. The van der Waals surface area contributed by atoms with Crippen LogP contribution in [0.15, 0.2) is 71.5 Å². The van der Waals surface area contributed by atoms with E-state index < -0.39 is 5.54 Å². The Balaban J connectivity index is 1.52. The van der Waals surface area contributed by atoms with E-state index in [-0.39, 0.29) is 17.3 Å². The smallest absolute Gasteiger partial charge is 0.267 e. The summed E-state index contributed by atoms with van der Waals surface area (Å²) in [5, 5.41) is 4.51. The molecule has 6 nitrogen and oxygen atoms in total. The summed E-state index contributed by atoms with van der Waals surface area (Å²) in [5.74, 6) is -0.416. The number of hydrogen-bond donors (Lipinski definition) is 0. The van der Waals surface area contributed by atoms with E-state index in [1.54, 1.807) is 36.9 Å². The van der Waals surface area contributed by atoms with Crippen LogP contribution in [0.4, 0.5) is 10.1 Å². The van der Waals surface area contributed by atoms with Gasteiger partial charge < -0.3 is 9.80 Å². The van der Waals surface area contributed by atoms with E-state index in [0.717, 1.165) is 11.3 Å². The largest absolute Gasteiger partial charge is 0.368 e. The molecule has 160 valence electrons. The predicted octanol–water partition coefficient (Wildman–Crippen LogP) is 3.13. The first-order valence-electron chi connectivity index (χ1n) is 10.3. The van der Waals surface area contributed by atoms with E-state index >= 15 is 0 Å². The summed E-state index contributed by atoms with van der Waals surface area (Å²) in [6, 6.07) is 19.1. The number of piperazine rings is 1. The van der Waals surface area contributed by atoms with Crippen LogP contribution in [-0.4, -0.2) is 46.8 Å². The first-order chi connectivity index (χ1) is 14.9. The van der Waals surface area contributed by atoms with Crippen LogP contribution in [0, 0.1) is 5.82 Å². The van der Waals surface area contributed by atoms with Crippen molar-refractivity contribution in [3.63, 3.8) is 0 Å². The second kappa shape index (κ2) is 8.34. The number of carbonyl (C=O) groups excluding carboxylic acids is 1. The average Bonchev–Trinajstić information content (AvgIpc) is 2.80. The zero-order valence-corrected chi connectivity index (χ0v) is 17.7.